The molecule has 0 radical (unpaired) electrons. The van der Waals surface area contributed by atoms with Crippen molar-refractivity contribution < 1.29 is 4.79 Å². The number of carbonyl (C=O) groups excluding carboxylic acids is 1. The summed E-state index contributed by atoms with van der Waals surface area (Å²) in [6, 6.07) is 19.9. The second kappa shape index (κ2) is 9.55. The van der Waals surface area contributed by atoms with Gasteiger partial charge in [-0.2, -0.15) is 0 Å². The molecule has 0 aliphatic heterocycles. The van der Waals surface area contributed by atoms with Crippen molar-refractivity contribution in [3.05, 3.63) is 106 Å². The van der Waals surface area contributed by atoms with Gasteiger partial charge in [0.15, 0.2) is 16.0 Å². The van der Waals surface area contributed by atoms with E-state index in [2.05, 4.69) is 15.3 Å². The number of carbonyl (C=O) groups is 1. The SMILES string of the molecule is Cc1nc(Sc2nccn2C)nc2c1ccc(=O)n2-c1ccc(C(=O)NCc2ccccc2)cc1. The van der Waals surface area contributed by atoms with E-state index in [-0.39, 0.29) is 11.5 Å². The summed E-state index contributed by atoms with van der Waals surface area (Å²) in [5.41, 5.74) is 3.19. The maximum absolute atomic E-state index is 12.9. The number of rotatable bonds is 6. The van der Waals surface area contributed by atoms with Crippen LogP contribution in [0.1, 0.15) is 21.6 Å². The first-order valence-corrected chi connectivity index (χ1v) is 11.8. The molecule has 0 aliphatic rings. The Morgan fingerprint density at radius 3 is 2.49 bits per heavy atom. The molecule has 9 heteroatoms. The molecule has 35 heavy (non-hydrogen) atoms. The van der Waals surface area contributed by atoms with Gasteiger partial charge in [0, 0.05) is 43.0 Å². The Hall–Kier alpha value is -4.24. The first-order chi connectivity index (χ1) is 17.0. The number of nitrogens with one attached hydrogen (secondary N) is 1. The maximum Gasteiger partial charge on any atom is 0.256 e. The topological polar surface area (TPSA) is 94.7 Å². The minimum absolute atomic E-state index is 0.183. The molecule has 0 aliphatic carbocycles. The van der Waals surface area contributed by atoms with E-state index < -0.39 is 0 Å². The first-order valence-electron chi connectivity index (χ1n) is 11.0. The second-order valence-electron chi connectivity index (χ2n) is 7.97. The highest BCUT2D eigenvalue weighted by molar-refractivity contribution is 7.99. The van der Waals surface area contributed by atoms with Gasteiger partial charge >= 0.3 is 0 Å². The largest absolute Gasteiger partial charge is 0.348 e. The molecule has 1 amide bonds. The van der Waals surface area contributed by atoms with Gasteiger partial charge in [-0.25, -0.2) is 15.0 Å². The van der Waals surface area contributed by atoms with Crippen molar-refractivity contribution in [1.29, 1.82) is 0 Å². The Kier molecular flexibility index (Phi) is 6.15. The molecule has 0 unspecified atom stereocenters. The Morgan fingerprint density at radius 1 is 1.00 bits per heavy atom. The van der Waals surface area contributed by atoms with Crippen LogP contribution in [0, 0.1) is 6.92 Å². The van der Waals surface area contributed by atoms with Crippen LogP contribution in [0.5, 0.6) is 0 Å². The van der Waals surface area contributed by atoms with Crippen LogP contribution in [0.3, 0.4) is 0 Å². The molecule has 0 spiro atoms. The van der Waals surface area contributed by atoms with E-state index in [1.165, 1.54) is 22.4 Å². The van der Waals surface area contributed by atoms with Crippen molar-refractivity contribution in [3.8, 4) is 5.69 Å². The van der Waals surface area contributed by atoms with Crippen LogP contribution >= 0.6 is 11.8 Å². The van der Waals surface area contributed by atoms with Gasteiger partial charge in [-0.3, -0.25) is 14.2 Å². The quantitative estimate of drug-likeness (QED) is 0.369. The third-order valence-corrected chi connectivity index (χ3v) is 6.50. The molecule has 0 saturated carbocycles. The summed E-state index contributed by atoms with van der Waals surface area (Å²) in [4.78, 5) is 39.1. The molecule has 3 aromatic heterocycles. The zero-order chi connectivity index (χ0) is 24.4. The molecular formula is C26H22N6O2S. The lowest BCUT2D eigenvalue weighted by molar-refractivity contribution is 0.0951. The molecule has 3 heterocycles. The number of nitrogens with zero attached hydrogens (tertiary/aromatic N) is 5. The number of hydrogen-bond acceptors (Lipinski definition) is 6. The molecule has 5 aromatic rings. The minimum atomic E-state index is -0.218. The molecule has 174 valence electrons. The highest BCUT2D eigenvalue weighted by Gasteiger charge is 2.14. The Balaban J connectivity index is 1.46. The zero-order valence-corrected chi connectivity index (χ0v) is 20.0. The monoisotopic (exact) mass is 482 g/mol. The van der Waals surface area contributed by atoms with Crippen LogP contribution in [-0.2, 0) is 13.6 Å². The van der Waals surface area contributed by atoms with E-state index in [0.717, 1.165) is 21.8 Å². The van der Waals surface area contributed by atoms with E-state index >= 15 is 0 Å². The van der Waals surface area contributed by atoms with Crippen LogP contribution in [-0.4, -0.2) is 30.0 Å². The lowest BCUT2D eigenvalue weighted by Gasteiger charge is -2.12. The fraction of sp³-hybridized carbons (Fsp3) is 0.115. The smallest absolute Gasteiger partial charge is 0.256 e. The number of amides is 1. The third-order valence-electron chi connectivity index (χ3n) is 5.56. The highest BCUT2D eigenvalue weighted by Crippen LogP contribution is 2.26. The van der Waals surface area contributed by atoms with Crippen LogP contribution in [0.25, 0.3) is 16.7 Å². The van der Waals surface area contributed by atoms with E-state index in [1.54, 1.807) is 36.5 Å². The van der Waals surface area contributed by atoms with Crippen LogP contribution in [0.4, 0.5) is 0 Å². The molecule has 5 rings (SSSR count). The number of imidazole rings is 1. The van der Waals surface area contributed by atoms with E-state index in [9.17, 15) is 9.59 Å². The molecule has 8 nitrogen and oxygen atoms in total. The summed E-state index contributed by atoms with van der Waals surface area (Å²) in [6.45, 7) is 2.33. The van der Waals surface area contributed by atoms with Crippen molar-refractivity contribution >= 4 is 28.7 Å². The van der Waals surface area contributed by atoms with Crippen molar-refractivity contribution in [2.75, 3.05) is 0 Å². The van der Waals surface area contributed by atoms with Gasteiger partial charge in [0.1, 0.15) is 0 Å². The van der Waals surface area contributed by atoms with E-state index in [1.807, 2.05) is 55.1 Å². The standard InChI is InChI=1S/C26H22N6O2S/c1-17-21-12-13-22(33)32(23(21)30-25(29-17)35-26-27-14-15-31(26)2)20-10-8-19(9-11-20)24(34)28-16-18-6-4-3-5-7-18/h3-15H,16H2,1-2H3,(H,28,34). The van der Waals surface area contributed by atoms with Crippen LogP contribution in [0.2, 0.25) is 0 Å². The summed E-state index contributed by atoms with van der Waals surface area (Å²) in [6.07, 6.45) is 3.56. The van der Waals surface area contributed by atoms with E-state index in [4.69, 9.17) is 4.98 Å². The Bertz CT molecular complexity index is 1580. The second-order valence-corrected chi connectivity index (χ2v) is 8.91. The van der Waals surface area contributed by atoms with Crippen molar-refractivity contribution in [2.45, 2.75) is 23.8 Å². The van der Waals surface area contributed by atoms with Gasteiger partial charge in [0.2, 0.25) is 0 Å². The number of pyridine rings is 1. The van der Waals surface area contributed by atoms with Gasteiger partial charge in [0.05, 0.1) is 11.4 Å². The molecule has 0 bridgehead atoms. The summed E-state index contributed by atoms with van der Waals surface area (Å²) in [5, 5.41) is 4.94. The summed E-state index contributed by atoms with van der Waals surface area (Å²) in [7, 11) is 1.90. The minimum Gasteiger partial charge on any atom is -0.348 e. The summed E-state index contributed by atoms with van der Waals surface area (Å²) >= 11 is 1.33. The number of aryl methyl sites for hydroxylation is 2. The van der Waals surface area contributed by atoms with Crippen LogP contribution in [0.15, 0.2) is 94.2 Å². The molecule has 0 atom stereocenters. The molecule has 2 aromatic carbocycles. The van der Waals surface area contributed by atoms with Crippen molar-refractivity contribution in [2.24, 2.45) is 7.05 Å². The number of fused-ring (bicyclic) bond motifs is 1. The third kappa shape index (κ3) is 4.71. The van der Waals surface area contributed by atoms with Gasteiger partial charge in [-0.1, -0.05) is 30.3 Å². The number of benzene rings is 2. The highest BCUT2D eigenvalue weighted by atomic mass is 32.2. The fourth-order valence-corrected chi connectivity index (χ4v) is 4.51. The Labute approximate surface area is 205 Å². The summed E-state index contributed by atoms with van der Waals surface area (Å²) in [5.74, 6) is -0.183. The molecule has 1 N–H and O–H groups in total. The summed E-state index contributed by atoms with van der Waals surface area (Å²) < 4.78 is 3.42. The number of hydrogen-bond donors (Lipinski definition) is 1. The number of aromatic nitrogens is 5. The molecule has 0 fully saturated rings. The Morgan fingerprint density at radius 2 is 1.77 bits per heavy atom. The van der Waals surface area contributed by atoms with Gasteiger partial charge < -0.3 is 9.88 Å². The van der Waals surface area contributed by atoms with Gasteiger partial charge in [-0.05, 0) is 54.6 Å². The van der Waals surface area contributed by atoms with Gasteiger partial charge in [0.25, 0.3) is 11.5 Å². The normalized spacial score (nSPS) is 11.0. The van der Waals surface area contributed by atoms with Crippen LogP contribution < -0.4 is 10.9 Å². The molecule has 0 saturated heterocycles. The average Bonchev–Trinajstić information content (AvgIpc) is 3.27. The first kappa shape index (κ1) is 22.5. The fourth-order valence-electron chi connectivity index (χ4n) is 3.71. The maximum atomic E-state index is 12.9. The zero-order valence-electron chi connectivity index (χ0n) is 19.2. The average molecular weight is 483 g/mol. The predicted molar refractivity (Wildman–Crippen MR) is 135 cm³/mol. The predicted octanol–water partition coefficient (Wildman–Crippen LogP) is 3.90. The van der Waals surface area contributed by atoms with Crippen molar-refractivity contribution in [3.63, 3.8) is 0 Å². The van der Waals surface area contributed by atoms with Crippen molar-refractivity contribution in [1.82, 2.24) is 29.4 Å². The lowest BCUT2D eigenvalue weighted by Crippen LogP contribution is -2.23. The van der Waals surface area contributed by atoms with Gasteiger partial charge in [-0.15, -0.1) is 0 Å². The van der Waals surface area contributed by atoms with E-state index in [0.29, 0.717) is 28.6 Å². The lowest BCUT2D eigenvalue weighted by atomic mass is 10.1. The molecular weight excluding hydrogens is 460 g/mol.